The first kappa shape index (κ1) is 36.5. The average molecular weight is 720 g/mol. The topological polar surface area (TPSA) is 56.5 Å². The summed E-state index contributed by atoms with van der Waals surface area (Å²) in [7, 11) is 1.86. The molecule has 7 aromatic rings. The van der Waals surface area contributed by atoms with E-state index in [-0.39, 0.29) is 0 Å². The third-order valence-electron chi connectivity index (χ3n) is 9.73. The minimum Gasteiger partial charge on any atom is -0.314 e. The van der Waals surface area contributed by atoms with Crippen LogP contribution in [0.5, 0.6) is 0 Å². The molecule has 7 rings (SSSR count). The second kappa shape index (κ2) is 16.4. The highest BCUT2D eigenvalue weighted by molar-refractivity contribution is 7.19. The van der Waals surface area contributed by atoms with Gasteiger partial charge in [-0.2, -0.15) is 0 Å². The molecule has 5 nitrogen and oxygen atoms in total. The Hall–Kier alpha value is -5.85. The number of hydrogen-bond acceptors (Lipinski definition) is 5. The standard InChI is InChI=1S/C46H43B2N5S/c1-7-18-40-42(48-6)37(31(4)53(40)36-23-16-11-17-24-36)29-38(47-5)32(8-2)27-30(3)46-49-39-28-35(25-26-41(39)54-46)45-51-43(33-19-12-9-13-20-33)50-44(52-45)34-21-14-10-15-22-34/h7-29,47-48H,1-6H3/b18-7-,30-27+,32-8+,38-29-. The normalized spacial score (nSPS) is 12.5. The smallest absolute Gasteiger partial charge is 0.164 e. The molecule has 0 aliphatic heterocycles. The van der Waals surface area contributed by atoms with E-state index in [4.69, 9.17) is 19.9 Å². The third-order valence-corrected chi connectivity index (χ3v) is 10.9. The first-order chi connectivity index (χ1) is 26.4. The van der Waals surface area contributed by atoms with Gasteiger partial charge < -0.3 is 4.57 Å². The first-order valence-electron chi connectivity index (χ1n) is 18.7. The van der Waals surface area contributed by atoms with Crippen LogP contribution in [0.15, 0.2) is 138 Å². The van der Waals surface area contributed by atoms with Gasteiger partial charge in [0.25, 0.3) is 0 Å². The molecule has 0 saturated heterocycles. The molecule has 3 aromatic heterocycles. The molecule has 0 N–H and O–H groups in total. The van der Waals surface area contributed by atoms with Gasteiger partial charge in [0, 0.05) is 33.8 Å². The number of nitrogens with zero attached hydrogens (tertiary/aromatic N) is 5. The summed E-state index contributed by atoms with van der Waals surface area (Å²) in [6.07, 6.45) is 11.3. The zero-order valence-electron chi connectivity index (χ0n) is 31.8. The van der Waals surface area contributed by atoms with Crippen LogP contribution in [0.2, 0.25) is 13.6 Å². The van der Waals surface area contributed by atoms with Crippen molar-refractivity contribution in [2.45, 2.75) is 41.3 Å². The van der Waals surface area contributed by atoms with Crippen LogP contribution in [0.3, 0.4) is 0 Å². The van der Waals surface area contributed by atoms with E-state index in [0.717, 1.165) is 52.0 Å². The lowest BCUT2D eigenvalue weighted by Gasteiger charge is -2.11. The molecule has 0 unspecified atom stereocenters. The minimum atomic E-state index is 0.626. The average Bonchev–Trinajstić information content (AvgIpc) is 3.77. The van der Waals surface area contributed by atoms with Gasteiger partial charge in [0.1, 0.15) is 5.01 Å². The van der Waals surface area contributed by atoms with E-state index in [2.05, 4.69) is 125 Å². The maximum atomic E-state index is 5.15. The van der Waals surface area contributed by atoms with E-state index >= 15 is 0 Å². The fourth-order valence-electron chi connectivity index (χ4n) is 6.99. The number of para-hydroxylation sites is 1. The van der Waals surface area contributed by atoms with Crippen molar-refractivity contribution in [1.82, 2.24) is 24.5 Å². The van der Waals surface area contributed by atoms with Crippen LogP contribution in [0.1, 0.15) is 42.7 Å². The Balaban J connectivity index is 1.24. The highest BCUT2D eigenvalue weighted by Crippen LogP contribution is 2.33. The number of thiazole rings is 1. The monoisotopic (exact) mass is 719 g/mol. The van der Waals surface area contributed by atoms with E-state index in [9.17, 15) is 0 Å². The molecule has 4 aromatic carbocycles. The lowest BCUT2D eigenvalue weighted by atomic mass is 9.65. The number of allylic oxidation sites excluding steroid dienone is 6. The van der Waals surface area contributed by atoms with Crippen LogP contribution in [-0.2, 0) is 0 Å². The quantitative estimate of drug-likeness (QED) is 0.0987. The number of benzene rings is 4. The van der Waals surface area contributed by atoms with Gasteiger partial charge in [-0.1, -0.05) is 122 Å². The zero-order valence-corrected chi connectivity index (χ0v) is 32.7. The zero-order chi connectivity index (χ0) is 37.6. The largest absolute Gasteiger partial charge is 0.314 e. The highest BCUT2D eigenvalue weighted by atomic mass is 32.1. The minimum absolute atomic E-state index is 0.626. The van der Waals surface area contributed by atoms with Crippen molar-refractivity contribution < 1.29 is 0 Å². The van der Waals surface area contributed by atoms with Gasteiger partial charge in [-0.15, -0.1) is 11.3 Å². The van der Waals surface area contributed by atoms with E-state index in [0.29, 0.717) is 17.5 Å². The van der Waals surface area contributed by atoms with E-state index in [1.807, 2.05) is 60.7 Å². The molecule has 0 spiro atoms. The molecule has 0 radical (unpaired) electrons. The third kappa shape index (κ3) is 7.48. The molecule has 8 heteroatoms. The van der Waals surface area contributed by atoms with Gasteiger partial charge in [0.2, 0.25) is 0 Å². The van der Waals surface area contributed by atoms with Crippen molar-refractivity contribution in [2.24, 2.45) is 0 Å². The van der Waals surface area contributed by atoms with Gasteiger partial charge in [-0.25, -0.2) is 19.9 Å². The van der Waals surface area contributed by atoms with Crippen molar-refractivity contribution in [1.29, 1.82) is 0 Å². The van der Waals surface area contributed by atoms with Crippen LogP contribution >= 0.6 is 11.3 Å². The van der Waals surface area contributed by atoms with Crippen LogP contribution in [0, 0.1) is 6.92 Å². The Labute approximate surface area is 324 Å². The SMILES string of the molecule is CBC(=C\c1c(BC)c(/C=C\C)n(-c2ccccc2)c1C)/C(=C/C)/C=C(\C)c1nc2cc(-c3nc(-c4ccccc4)nc(-c4ccccc4)n3)ccc2s1. The maximum Gasteiger partial charge on any atom is 0.164 e. The molecular formula is C46H43B2N5S. The molecule has 0 atom stereocenters. The number of fused-ring (bicyclic) bond motifs is 1. The van der Waals surface area contributed by atoms with E-state index in [1.165, 1.54) is 39.1 Å². The van der Waals surface area contributed by atoms with Gasteiger partial charge in [-0.3, -0.25) is 0 Å². The van der Waals surface area contributed by atoms with E-state index in [1.54, 1.807) is 11.3 Å². The van der Waals surface area contributed by atoms with Gasteiger partial charge in [0.15, 0.2) is 32.0 Å². The van der Waals surface area contributed by atoms with Crippen LogP contribution in [0.25, 0.3) is 67.8 Å². The van der Waals surface area contributed by atoms with Crippen LogP contribution < -0.4 is 5.46 Å². The summed E-state index contributed by atoms with van der Waals surface area (Å²) in [6.45, 7) is 13.1. The second-order valence-corrected chi connectivity index (χ2v) is 14.3. The second-order valence-electron chi connectivity index (χ2n) is 13.2. The van der Waals surface area contributed by atoms with Gasteiger partial charge >= 0.3 is 0 Å². The molecule has 54 heavy (non-hydrogen) atoms. The molecule has 0 amide bonds. The molecule has 0 saturated carbocycles. The van der Waals surface area contributed by atoms with Crippen molar-refractivity contribution in [2.75, 3.05) is 0 Å². The Kier molecular flexibility index (Phi) is 11.1. The molecule has 3 heterocycles. The molecule has 264 valence electrons. The summed E-state index contributed by atoms with van der Waals surface area (Å²) in [6, 6.07) is 37.1. The molecule has 0 aliphatic carbocycles. The lowest BCUT2D eigenvalue weighted by Crippen LogP contribution is -2.16. The summed E-state index contributed by atoms with van der Waals surface area (Å²) in [5.41, 5.74) is 13.7. The van der Waals surface area contributed by atoms with Gasteiger partial charge in [0.05, 0.1) is 10.2 Å². The summed E-state index contributed by atoms with van der Waals surface area (Å²) >= 11 is 1.71. The predicted octanol–water partition coefficient (Wildman–Crippen LogP) is 10.6. The maximum absolute atomic E-state index is 5.15. The van der Waals surface area contributed by atoms with Crippen molar-refractivity contribution in [3.63, 3.8) is 0 Å². The fraction of sp³-hybridized carbons (Fsp3) is 0.130. The summed E-state index contributed by atoms with van der Waals surface area (Å²) in [5, 5.41) is 0.999. The Morgan fingerprint density at radius 1 is 0.722 bits per heavy atom. The molecular weight excluding hydrogens is 676 g/mol. The lowest BCUT2D eigenvalue weighted by molar-refractivity contribution is 1.00. The van der Waals surface area contributed by atoms with Crippen LogP contribution in [0.4, 0.5) is 0 Å². The Morgan fingerprint density at radius 3 is 1.87 bits per heavy atom. The van der Waals surface area contributed by atoms with Crippen molar-refractivity contribution in [3.8, 4) is 39.9 Å². The number of hydrogen-bond donors (Lipinski definition) is 0. The number of rotatable bonds is 11. The molecule has 0 fully saturated rings. The molecule has 0 aliphatic rings. The fourth-order valence-corrected chi connectivity index (χ4v) is 7.91. The Morgan fingerprint density at radius 2 is 1.31 bits per heavy atom. The van der Waals surface area contributed by atoms with Gasteiger partial charge in [-0.05, 0) is 86.9 Å². The highest BCUT2D eigenvalue weighted by Gasteiger charge is 2.19. The predicted molar refractivity (Wildman–Crippen MR) is 236 cm³/mol. The Bertz CT molecular complexity index is 2490. The van der Waals surface area contributed by atoms with Crippen molar-refractivity contribution in [3.05, 3.63) is 160 Å². The van der Waals surface area contributed by atoms with Crippen LogP contribution in [-0.4, -0.2) is 39.1 Å². The first-order valence-corrected chi connectivity index (χ1v) is 19.5. The number of aromatic nitrogens is 5. The summed E-state index contributed by atoms with van der Waals surface area (Å²) in [5.74, 6) is 1.92. The van der Waals surface area contributed by atoms with Crippen molar-refractivity contribution >= 4 is 59.3 Å². The summed E-state index contributed by atoms with van der Waals surface area (Å²) < 4.78 is 3.52. The summed E-state index contributed by atoms with van der Waals surface area (Å²) in [4.78, 5) is 19.9. The molecule has 0 bridgehead atoms. The van der Waals surface area contributed by atoms with E-state index < -0.39 is 0 Å².